The average Bonchev–Trinajstić information content (AvgIpc) is 2.16. The molecule has 0 aliphatic carbocycles. The van der Waals surface area contributed by atoms with E-state index in [-0.39, 0.29) is 10.8 Å². The van der Waals surface area contributed by atoms with E-state index >= 15 is 0 Å². The summed E-state index contributed by atoms with van der Waals surface area (Å²) in [6.07, 6.45) is 0.638. The Bertz CT molecular complexity index is 357. The summed E-state index contributed by atoms with van der Waals surface area (Å²) in [4.78, 5) is 11.2. The molecule has 0 spiro atoms. The van der Waals surface area contributed by atoms with Gasteiger partial charge >= 0.3 is 5.97 Å². The van der Waals surface area contributed by atoms with Crippen molar-refractivity contribution in [3.63, 3.8) is 0 Å². The Hall–Kier alpha value is -0.350. The minimum Gasteiger partial charge on any atom is -0.465 e. The van der Waals surface area contributed by atoms with Crippen molar-refractivity contribution in [3.8, 4) is 0 Å². The van der Waals surface area contributed by atoms with Crippen LogP contribution in [0.25, 0.3) is 0 Å². The number of hydrogen-bond acceptors (Lipinski definition) is 2. The molecule has 0 fully saturated rings. The number of carbonyl (C=O) groups excluding carboxylic acids is 1. The van der Waals surface area contributed by atoms with Gasteiger partial charge in [-0.3, -0.25) is 4.79 Å². The number of aryl methyl sites for hydroxylation is 1. The number of ether oxygens (including phenoxy) is 1. The normalized spacial score (nSPS) is 12.2. The van der Waals surface area contributed by atoms with Gasteiger partial charge in [-0.05, 0) is 43.5 Å². The quantitative estimate of drug-likeness (QED) is 0.613. The molecule has 0 aliphatic heterocycles. The summed E-state index contributed by atoms with van der Waals surface area (Å²) in [6.45, 7) is 4.25. The number of halogens is 2. The number of rotatable bonds is 4. The van der Waals surface area contributed by atoms with E-state index in [1.54, 1.807) is 6.92 Å². The van der Waals surface area contributed by atoms with Crippen molar-refractivity contribution in [2.75, 3.05) is 6.61 Å². The van der Waals surface area contributed by atoms with Gasteiger partial charge in [0.25, 0.3) is 0 Å². The van der Waals surface area contributed by atoms with E-state index in [2.05, 4.69) is 37.9 Å². The molecule has 1 aromatic rings. The molecule has 1 aromatic carbocycles. The number of carbonyl (C=O) groups is 1. The second kappa shape index (κ2) is 6.40. The molecular weight excluding hydrogens is 336 g/mol. The Labute approximate surface area is 113 Å². The molecule has 0 amide bonds. The number of esters is 1. The van der Waals surface area contributed by atoms with Crippen molar-refractivity contribution in [3.05, 3.63) is 33.8 Å². The largest absolute Gasteiger partial charge is 0.465 e. The summed E-state index contributed by atoms with van der Waals surface area (Å²) in [6, 6.07) is 6.12. The molecule has 0 N–H and O–H groups in total. The van der Waals surface area contributed by atoms with E-state index in [1.165, 1.54) is 5.56 Å². The van der Waals surface area contributed by atoms with Crippen LogP contribution < -0.4 is 0 Å². The maximum atomic E-state index is 11.4. The number of benzene rings is 1. The van der Waals surface area contributed by atoms with Gasteiger partial charge in [-0.25, -0.2) is 0 Å². The smallest absolute Gasteiger partial charge is 0.320 e. The maximum absolute atomic E-state index is 11.4. The van der Waals surface area contributed by atoms with E-state index in [4.69, 9.17) is 4.74 Å². The lowest BCUT2D eigenvalue weighted by Gasteiger charge is -2.10. The second-order valence-electron chi connectivity index (χ2n) is 3.56. The molecule has 0 saturated heterocycles. The first-order valence-corrected chi connectivity index (χ1v) is 6.80. The van der Waals surface area contributed by atoms with Gasteiger partial charge in [0.15, 0.2) is 0 Å². The van der Waals surface area contributed by atoms with Crippen LogP contribution in [0.15, 0.2) is 22.7 Å². The van der Waals surface area contributed by atoms with Crippen molar-refractivity contribution in [2.24, 2.45) is 0 Å². The summed E-state index contributed by atoms with van der Waals surface area (Å²) in [5.41, 5.74) is 2.29. The molecule has 4 heteroatoms. The highest BCUT2D eigenvalue weighted by atomic mass is 79.9. The van der Waals surface area contributed by atoms with Crippen LogP contribution >= 0.6 is 31.9 Å². The van der Waals surface area contributed by atoms with Gasteiger partial charge in [0, 0.05) is 4.47 Å². The maximum Gasteiger partial charge on any atom is 0.320 e. The summed E-state index contributed by atoms with van der Waals surface area (Å²) < 4.78 is 5.97. The van der Waals surface area contributed by atoms with Gasteiger partial charge in [0.2, 0.25) is 0 Å². The van der Waals surface area contributed by atoms with E-state index in [0.717, 1.165) is 10.0 Å². The molecule has 0 bridgehead atoms. The van der Waals surface area contributed by atoms with Crippen LogP contribution in [0.2, 0.25) is 0 Å². The third-order valence-electron chi connectivity index (χ3n) is 2.06. The summed E-state index contributed by atoms with van der Waals surface area (Å²) >= 11 is 6.78. The molecule has 88 valence electrons. The average molecular weight is 350 g/mol. The standard InChI is InChI=1S/C12H14Br2O2/c1-3-16-12(15)11(14)7-9-4-8(2)5-10(13)6-9/h4-6,11H,3,7H2,1-2H3. The SMILES string of the molecule is CCOC(=O)C(Br)Cc1cc(C)cc(Br)c1. The molecule has 0 heterocycles. The van der Waals surface area contributed by atoms with Crippen LogP contribution in [-0.4, -0.2) is 17.4 Å². The Morgan fingerprint density at radius 2 is 2.12 bits per heavy atom. The van der Waals surface area contributed by atoms with Crippen molar-refractivity contribution in [1.82, 2.24) is 0 Å². The Morgan fingerprint density at radius 3 is 2.69 bits per heavy atom. The van der Waals surface area contributed by atoms with E-state index < -0.39 is 0 Å². The Kier molecular flexibility index (Phi) is 5.49. The molecule has 0 saturated carbocycles. The number of alkyl halides is 1. The molecular formula is C12H14Br2O2. The number of hydrogen-bond donors (Lipinski definition) is 0. The molecule has 1 unspecified atom stereocenters. The first-order valence-electron chi connectivity index (χ1n) is 5.09. The zero-order valence-electron chi connectivity index (χ0n) is 9.30. The first kappa shape index (κ1) is 13.7. The Morgan fingerprint density at radius 1 is 1.44 bits per heavy atom. The van der Waals surface area contributed by atoms with Gasteiger partial charge in [0.05, 0.1) is 6.61 Å². The van der Waals surface area contributed by atoms with E-state index in [9.17, 15) is 4.79 Å². The molecule has 0 aliphatic rings. The molecule has 0 aromatic heterocycles. The van der Waals surface area contributed by atoms with Gasteiger partial charge < -0.3 is 4.74 Å². The van der Waals surface area contributed by atoms with Crippen molar-refractivity contribution in [2.45, 2.75) is 25.1 Å². The summed E-state index contributed by atoms with van der Waals surface area (Å²) in [7, 11) is 0. The lowest BCUT2D eigenvalue weighted by Crippen LogP contribution is -2.19. The molecule has 0 radical (unpaired) electrons. The highest BCUT2D eigenvalue weighted by molar-refractivity contribution is 9.10. The predicted octanol–water partition coefficient (Wildman–Crippen LogP) is 3.63. The van der Waals surface area contributed by atoms with Gasteiger partial charge in [-0.2, -0.15) is 0 Å². The second-order valence-corrected chi connectivity index (χ2v) is 5.58. The fourth-order valence-electron chi connectivity index (χ4n) is 1.45. The van der Waals surface area contributed by atoms with Crippen LogP contribution in [0.3, 0.4) is 0 Å². The van der Waals surface area contributed by atoms with Gasteiger partial charge in [0.1, 0.15) is 4.83 Å². The topological polar surface area (TPSA) is 26.3 Å². The first-order chi connectivity index (χ1) is 7.52. The van der Waals surface area contributed by atoms with Crippen LogP contribution in [0.1, 0.15) is 18.1 Å². The molecule has 2 nitrogen and oxygen atoms in total. The van der Waals surface area contributed by atoms with Crippen molar-refractivity contribution in [1.29, 1.82) is 0 Å². The van der Waals surface area contributed by atoms with Crippen LogP contribution in [0.4, 0.5) is 0 Å². The lowest BCUT2D eigenvalue weighted by atomic mass is 10.1. The molecule has 1 atom stereocenters. The minimum absolute atomic E-state index is 0.208. The Balaban J connectivity index is 2.69. The zero-order chi connectivity index (χ0) is 12.1. The third kappa shape index (κ3) is 4.26. The van der Waals surface area contributed by atoms with Crippen molar-refractivity contribution >= 4 is 37.8 Å². The minimum atomic E-state index is -0.277. The van der Waals surface area contributed by atoms with Crippen LogP contribution in [-0.2, 0) is 16.0 Å². The lowest BCUT2D eigenvalue weighted by molar-refractivity contribution is -0.142. The van der Waals surface area contributed by atoms with E-state index in [0.29, 0.717) is 13.0 Å². The zero-order valence-corrected chi connectivity index (χ0v) is 12.5. The van der Waals surface area contributed by atoms with Crippen molar-refractivity contribution < 1.29 is 9.53 Å². The predicted molar refractivity (Wildman–Crippen MR) is 71.9 cm³/mol. The fraction of sp³-hybridized carbons (Fsp3) is 0.417. The third-order valence-corrected chi connectivity index (χ3v) is 3.21. The summed E-state index contributed by atoms with van der Waals surface area (Å²) in [5, 5.41) is 0. The highest BCUT2D eigenvalue weighted by Crippen LogP contribution is 2.19. The highest BCUT2D eigenvalue weighted by Gasteiger charge is 2.16. The van der Waals surface area contributed by atoms with Crippen LogP contribution in [0, 0.1) is 6.92 Å². The molecule has 16 heavy (non-hydrogen) atoms. The van der Waals surface area contributed by atoms with Gasteiger partial charge in [-0.1, -0.05) is 37.9 Å². The van der Waals surface area contributed by atoms with Gasteiger partial charge in [-0.15, -0.1) is 0 Å². The molecule has 1 rings (SSSR count). The monoisotopic (exact) mass is 348 g/mol. The fourth-order valence-corrected chi connectivity index (χ4v) is 2.61. The van der Waals surface area contributed by atoms with Crippen LogP contribution in [0.5, 0.6) is 0 Å². The summed E-state index contributed by atoms with van der Waals surface area (Å²) in [5.74, 6) is -0.208. The van der Waals surface area contributed by atoms with E-state index in [1.807, 2.05) is 19.1 Å².